The molecule has 2 aromatic rings. The molecule has 0 saturated heterocycles. The van der Waals surface area contributed by atoms with Gasteiger partial charge in [0.1, 0.15) is 0 Å². The van der Waals surface area contributed by atoms with Crippen molar-refractivity contribution in [1.29, 1.82) is 0 Å². The molecular formula is C18H15NO2. The Labute approximate surface area is 123 Å². The van der Waals surface area contributed by atoms with Gasteiger partial charge in [-0.25, -0.2) is 0 Å². The van der Waals surface area contributed by atoms with Crippen LogP contribution in [0.4, 0.5) is 0 Å². The van der Waals surface area contributed by atoms with Gasteiger partial charge in [-0.2, -0.15) is 0 Å². The number of nitrogens with one attached hydrogen (secondary N) is 1. The second-order valence-corrected chi connectivity index (χ2v) is 5.03. The maximum absolute atomic E-state index is 12.7. The first-order valence-corrected chi connectivity index (χ1v) is 6.90. The van der Waals surface area contributed by atoms with Gasteiger partial charge in [0.05, 0.1) is 0 Å². The average Bonchev–Trinajstić information content (AvgIpc) is 2.56. The Balaban J connectivity index is 1.98. The Morgan fingerprint density at radius 2 is 1.57 bits per heavy atom. The van der Waals surface area contributed by atoms with Gasteiger partial charge >= 0.3 is 0 Å². The van der Waals surface area contributed by atoms with E-state index in [1.54, 1.807) is 18.3 Å². The molecule has 1 atom stereocenters. The number of carbonyl (C=O) groups excluding carboxylic acids is 2. The van der Waals surface area contributed by atoms with Crippen LogP contribution in [-0.2, 0) is 4.79 Å². The first-order valence-electron chi connectivity index (χ1n) is 6.90. The summed E-state index contributed by atoms with van der Waals surface area (Å²) in [5.74, 6) is -0.287. The van der Waals surface area contributed by atoms with Crippen LogP contribution in [0.3, 0.4) is 0 Å². The molecule has 0 unspecified atom stereocenters. The molecule has 0 saturated carbocycles. The highest BCUT2D eigenvalue weighted by atomic mass is 16.2. The molecule has 3 rings (SSSR count). The number of benzene rings is 2. The smallest absolute Gasteiger partial charge is 0.224 e. The number of rotatable bonds is 3. The zero-order valence-corrected chi connectivity index (χ0v) is 11.5. The molecule has 0 aliphatic carbocycles. The maximum Gasteiger partial charge on any atom is 0.224 e. The van der Waals surface area contributed by atoms with Gasteiger partial charge in [0, 0.05) is 29.7 Å². The van der Waals surface area contributed by atoms with Crippen molar-refractivity contribution in [3.8, 4) is 0 Å². The first-order chi connectivity index (χ1) is 10.3. The van der Waals surface area contributed by atoms with Crippen molar-refractivity contribution in [3.63, 3.8) is 0 Å². The van der Waals surface area contributed by atoms with Gasteiger partial charge in [-0.15, -0.1) is 0 Å². The lowest BCUT2D eigenvalue weighted by Gasteiger charge is -2.23. The van der Waals surface area contributed by atoms with E-state index in [0.717, 1.165) is 5.56 Å². The average molecular weight is 277 g/mol. The van der Waals surface area contributed by atoms with Gasteiger partial charge in [-0.1, -0.05) is 60.7 Å². The number of amides is 1. The number of Topliss-reactive ketones (excluding diaryl/α,β-unsaturated/α-hetero) is 1. The number of hydrogen-bond acceptors (Lipinski definition) is 2. The molecule has 2 aromatic carbocycles. The highest BCUT2D eigenvalue weighted by Crippen LogP contribution is 2.32. The van der Waals surface area contributed by atoms with Crippen LogP contribution < -0.4 is 5.32 Å². The van der Waals surface area contributed by atoms with Crippen LogP contribution in [0.5, 0.6) is 0 Å². The number of hydrogen-bond donors (Lipinski definition) is 1. The van der Waals surface area contributed by atoms with Crippen molar-refractivity contribution in [2.24, 2.45) is 0 Å². The van der Waals surface area contributed by atoms with E-state index in [0.29, 0.717) is 17.6 Å². The van der Waals surface area contributed by atoms with Crippen molar-refractivity contribution >= 4 is 11.7 Å². The van der Waals surface area contributed by atoms with Crippen molar-refractivity contribution < 1.29 is 9.59 Å². The van der Waals surface area contributed by atoms with Crippen LogP contribution in [-0.4, -0.2) is 11.7 Å². The zero-order chi connectivity index (χ0) is 14.7. The summed E-state index contributed by atoms with van der Waals surface area (Å²) >= 11 is 0. The van der Waals surface area contributed by atoms with Crippen LogP contribution >= 0.6 is 0 Å². The van der Waals surface area contributed by atoms with E-state index < -0.39 is 0 Å². The van der Waals surface area contributed by atoms with Crippen molar-refractivity contribution in [1.82, 2.24) is 5.32 Å². The molecule has 3 heteroatoms. The van der Waals surface area contributed by atoms with Gasteiger partial charge in [-0.05, 0) is 5.56 Å². The third-order valence-electron chi connectivity index (χ3n) is 3.65. The van der Waals surface area contributed by atoms with Crippen LogP contribution in [0.15, 0.2) is 72.4 Å². The van der Waals surface area contributed by atoms with Crippen LogP contribution in [0.2, 0.25) is 0 Å². The van der Waals surface area contributed by atoms with Gasteiger partial charge < -0.3 is 5.32 Å². The normalized spacial score (nSPS) is 17.8. The highest BCUT2D eigenvalue weighted by molar-refractivity contribution is 6.10. The predicted octanol–water partition coefficient (Wildman–Crippen LogP) is 3.06. The molecule has 0 spiro atoms. The fraction of sp³-hybridized carbons (Fsp3) is 0.111. The Morgan fingerprint density at radius 1 is 0.952 bits per heavy atom. The fourth-order valence-electron chi connectivity index (χ4n) is 2.58. The summed E-state index contributed by atoms with van der Waals surface area (Å²) in [5.41, 5.74) is 2.26. The monoisotopic (exact) mass is 277 g/mol. The van der Waals surface area contributed by atoms with E-state index in [9.17, 15) is 9.59 Å². The molecule has 0 fully saturated rings. The quantitative estimate of drug-likeness (QED) is 0.876. The minimum atomic E-state index is -0.187. The van der Waals surface area contributed by atoms with E-state index >= 15 is 0 Å². The molecular weight excluding hydrogens is 262 g/mol. The molecule has 3 nitrogen and oxygen atoms in total. The minimum absolute atomic E-state index is 0.0375. The fourth-order valence-corrected chi connectivity index (χ4v) is 2.58. The summed E-state index contributed by atoms with van der Waals surface area (Å²) in [6, 6.07) is 18.8. The van der Waals surface area contributed by atoms with Crippen molar-refractivity contribution in [2.75, 3.05) is 0 Å². The second kappa shape index (κ2) is 5.75. The zero-order valence-electron chi connectivity index (χ0n) is 11.5. The van der Waals surface area contributed by atoms with Gasteiger partial charge in [0.15, 0.2) is 5.78 Å². The third-order valence-corrected chi connectivity index (χ3v) is 3.65. The third kappa shape index (κ3) is 2.77. The molecule has 0 aromatic heterocycles. The number of allylic oxidation sites excluding steroid dienone is 1. The summed E-state index contributed by atoms with van der Waals surface area (Å²) < 4.78 is 0. The molecule has 21 heavy (non-hydrogen) atoms. The van der Waals surface area contributed by atoms with Crippen molar-refractivity contribution in [2.45, 2.75) is 12.3 Å². The van der Waals surface area contributed by atoms with E-state index in [1.807, 2.05) is 48.5 Å². The van der Waals surface area contributed by atoms with E-state index in [4.69, 9.17) is 0 Å². The molecule has 1 aliphatic heterocycles. The van der Waals surface area contributed by atoms with Crippen LogP contribution in [0.25, 0.3) is 0 Å². The highest BCUT2D eigenvalue weighted by Gasteiger charge is 2.28. The lowest BCUT2D eigenvalue weighted by molar-refractivity contribution is -0.120. The molecule has 0 radical (unpaired) electrons. The van der Waals surface area contributed by atoms with Crippen molar-refractivity contribution in [3.05, 3.63) is 83.6 Å². The Bertz CT molecular complexity index is 690. The molecule has 1 amide bonds. The Morgan fingerprint density at radius 3 is 2.24 bits per heavy atom. The lowest BCUT2D eigenvalue weighted by Crippen LogP contribution is -2.29. The summed E-state index contributed by atoms with van der Waals surface area (Å²) in [7, 11) is 0. The van der Waals surface area contributed by atoms with E-state index in [1.165, 1.54) is 0 Å². The van der Waals surface area contributed by atoms with Gasteiger partial charge in [0.25, 0.3) is 0 Å². The summed E-state index contributed by atoms with van der Waals surface area (Å²) in [5, 5.41) is 2.66. The summed E-state index contributed by atoms with van der Waals surface area (Å²) in [6.07, 6.45) is 1.85. The van der Waals surface area contributed by atoms with E-state index in [2.05, 4.69) is 5.32 Å². The second-order valence-electron chi connectivity index (χ2n) is 5.03. The summed E-state index contributed by atoms with van der Waals surface area (Å²) in [4.78, 5) is 24.4. The SMILES string of the molecule is O=C1C[C@H](c2ccccc2)C(C(=O)c2ccccc2)=CN1. The summed E-state index contributed by atoms with van der Waals surface area (Å²) in [6.45, 7) is 0. The topological polar surface area (TPSA) is 46.2 Å². The lowest BCUT2D eigenvalue weighted by atomic mass is 9.83. The van der Waals surface area contributed by atoms with Gasteiger partial charge in [-0.3, -0.25) is 9.59 Å². The van der Waals surface area contributed by atoms with Crippen LogP contribution in [0.1, 0.15) is 28.3 Å². The Kier molecular flexibility index (Phi) is 3.65. The van der Waals surface area contributed by atoms with Gasteiger partial charge in [0.2, 0.25) is 5.91 Å². The standard InChI is InChI=1S/C18H15NO2/c20-17-11-15(13-7-3-1-4-8-13)16(12-19-17)18(21)14-9-5-2-6-10-14/h1-10,12,15H,11H2,(H,19,20)/t15-/m1/s1. The molecule has 1 aliphatic rings. The largest absolute Gasteiger partial charge is 0.332 e. The minimum Gasteiger partial charge on any atom is -0.332 e. The number of ketones is 1. The Hall–Kier alpha value is -2.68. The van der Waals surface area contributed by atoms with E-state index in [-0.39, 0.29) is 17.6 Å². The first kappa shape index (κ1) is 13.3. The molecule has 104 valence electrons. The predicted molar refractivity (Wildman–Crippen MR) is 80.8 cm³/mol. The van der Waals surface area contributed by atoms with Crippen LogP contribution in [0, 0.1) is 0 Å². The molecule has 1 heterocycles. The molecule has 0 bridgehead atoms. The number of carbonyl (C=O) groups is 2. The maximum atomic E-state index is 12.7. The molecule has 1 N–H and O–H groups in total.